The van der Waals surface area contributed by atoms with Crippen molar-refractivity contribution in [2.45, 2.75) is 52.5 Å². The molecule has 0 aromatic carbocycles. The summed E-state index contributed by atoms with van der Waals surface area (Å²) in [6, 6.07) is 0.439. The second kappa shape index (κ2) is 6.61. The average Bonchev–Trinajstić information content (AvgIpc) is 2.21. The summed E-state index contributed by atoms with van der Waals surface area (Å²) in [7, 11) is 2.23. The SMILES string of the molecule is CCCN(C)CC1CC(C(C)C)CCC1N. The van der Waals surface area contributed by atoms with E-state index in [0.29, 0.717) is 6.04 Å². The molecule has 1 fully saturated rings. The summed E-state index contributed by atoms with van der Waals surface area (Å²) in [5.74, 6) is 2.45. The molecule has 0 spiro atoms. The van der Waals surface area contributed by atoms with Gasteiger partial charge in [-0.15, -0.1) is 0 Å². The van der Waals surface area contributed by atoms with Crippen molar-refractivity contribution in [3.63, 3.8) is 0 Å². The maximum absolute atomic E-state index is 6.26. The van der Waals surface area contributed by atoms with E-state index in [9.17, 15) is 0 Å². The first-order valence-electron chi connectivity index (χ1n) is 6.98. The van der Waals surface area contributed by atoms with Gasteiger partial charge < -0.3 is 10.6 Å². The van der Waals surface area contributed by atoms with E-state index < -0.39 is 0 Å². The van der Waals surface area contributed by atoms with E-state index in [0.717, 1.165) is 17.8 Å². The van der Waals surface area contributed by atoms with Crippen LogP contribution in [-0.2, 0) is 0 Å². The number of nitrogens with two attached hydrogens (primary N) is 1. The molecule has 0 radical (unpaired) electrons. The summed E-state index contributed by atoms with van der Waals surface area (Å²) < 4.78 is 0. The number of nitrogens with zero attached hydrogens (tertiary/aromatic N) is 1. The molecular weight excluding hydrogens is 196 g/mol. The Morgan fingerprint density at radius 2 is 2.00 bits per heavy atom. The third kappa shape index (κ3) is 4.06. The monoisotopic (exact) mass is 226 g/mol. The molecule has 0 aliphatic heterocycles. The van der Waals surface area contributed by atoms with Crippen LogP contribution in [0.2, 0.25) is 0 Å². The lowest BCUT2D eigenvalue weighted by Gasteiger charge is -2.38. The van der Waals surface area contributed by atoms with Gasteiger partial charge in [0.15, 0.2) is 0 Å². The van der Waals surface area contributed by atoms with Gasteiger partial charge in [0.25, 0.3) is 0 Å². The highest BCUT2D eigenvalue weighted by Gasteiger charge is 2.30. The molecule has 1 aliphatic rings. The summed E-state index contributed by atoms with van der Waals surface area (Å²) in [6.45, 7) is 9.35. The molecule has 2 N–H and O–H groups in total. The van der Waals surface area contributed by atoms with Gasteiger partial charge in [-0.2, -0.15) is 0 Å². The van der Waals surface area contributed by atoms with Crippen LogP contribution in [0, 0.1) is 17.8 Å². The molecule has 0 heterocycles. The van der Waals surface area contributed by atoms with Crippen molar-refractivity contribution >= 4 is 0 Å². The van der Waals surface area contributed by atoms with Crippen LogP contribution in [0.1, 0.15) is 46.5 Å². The first kappa shape index (κ1) is 14.0. The molecule has 16 heavy (non-hydrogen) atoms. The van der Waals surface area contributed by atoms with Crippen LogP contribution in [0.3, 0.4) is 0 Å². The Hall–Kier alpha value is -0.0800. The minimum Gasteiger partial charge on any atom is -0.327 e. The highest BCUT2D eigenvalue weighted by atomic mass is 15.1. The van der Waals surface area contributed by atoms with E-state index in [-0.39, 0.29) is 0 Å². The van der Waals surface area contributed by atoms with Crippen LogP contribution in [-0.4, -0.2) is 31.1 Å². The molecule has 3 atom stereocenters. The molecule has 0 aromatic heterocycles. The van der Waals surface area contributed by atoms with Crippen molar-refractivity contribution in [3.05, 3.63) is 0 Å². The van der Waals surface area contributed by atoms with Crippen LogP contribution in [0.25, 0.3) is 0 Å². The topological polar surface area (TPSA) is 29.3 Å². The lowest BCUT2D eigenvalue weighted by molar-refractivity contribution is 0.150. The van der Waals surface area contributed by atoms with Gasteiger partial charge in [-0.25, -0.2) is 0 Å². The van der Waals surface area contributed by atoms with E-state index in [1.54, 1.807) is 0 Å². The Bertz CT molecular complexity index is 191. The first-order valence-corrected chi connectivity index (χ1v) is 6.98. The first-order chi connectivity index (χ1) is 7.54. The Labute approximate surface area is 102 Å². The maximum Gasteiger partial charge on any atom is 0.00795 e. The van der Waals surface area contributed by atoms with Gasteiger partial charge >= 0.3 is 0 Å². The predicted molar refractivity (Wildman–Crippen MR) is 71.4 cm³/mol. The maximum atomic E-state index is 6.26. The fourth-order valence-electron chi connectivity index (χ4n) is 3.01. The number of hydrogen-bond acceptors (Lipinski definition) is 2. The molecule has 2 heteroatoms. The van der Waals surface area contributed by atoms with Crippen molar-refractivity contribution in [3.8, 4) is 0 Å². The van der Waals surface area contributed by atoms with Gasteiger partial charge in [0, 0.05) is 12.6 Å². The summed E-state index contributed by atoms with van der Waals surface area (Å²) in [6.07, 6.45) is 5.15. The smallest absolute Gasteiger partial charge is 0.00795 e. The number of hydrogen-bond donors (Lipinski definition) is 1. The van der Waals surface area contributed by atoms with Crippen LogP contribution >= 0.6 is 0 Å². The van der Waals surface area contributed by atoms with Crippen LogP contribution in [0.5, 0.6) is 0 Å². The molecule has 0 aromatic rings. The quantitative estimate of drug-likeness (QED) is 0.781. The Morgan fingerprint density at radius 3 is 2.56 bits per heavy atom. The fraction of sp³-hybridized carbons (Fsp3) is 1.00. The number of rotatable bonds is 5. The second-order valence-electron chi connectivity index (χ2n) is 6.00. The fourth-order valence-corrected chi connectivity index (χ4v) is 3.01. The molecule has 0 amide bonds. The minimum atomic E-state index is 0.439. The molecular formula is C14H30N2. The summed E-state index contributed by atoms with van der Waals surface area (Å²) in [5.41, 5.74) is 6.26. The standard InChI is InChI=1S/C14H30N2/c1-5-8-16(4)10-13-9-12(11(2)3)6-7-14(13)15/h11-14H,5-10,15H2,1-4H3. The van der Waals surface area contributed by atoms with Crippen molar-refractivity contribution in [1.29, 1.82) is 0 Å². The second-order valence-corrected chi connectivity index (χ2v) is 6.00. The molecule has 1 rings (SSSR count). The van der Waals surface area contributed by atoms with Crippen molar-refractivity contribution < 1.29 is 0 Å². The highest BCUT2D eigenvalue weighted by Crippen LogP contribution is 2.33. The van der Waals surface area contributed by atoms with E-state index in [4.69, 9.17) is 5.73 Å². The normalized spacial score (nSPS) is 31.3. The Balaban J connectivity index is 2.43. The zero-order chi connectivity index (χ0) is 12.1. The summed E-state index contributed by atoms with van der Waals surface area (Å²) in [4.78, 5) is 2.45. The van der Waals surface area contributed by atoms with Gasteiger partial charge in [0.05, 0.1) is 0 Å². The van der Waals surface area contributed by atoms with Gasteiger partial charge in [0.1, 0.15) is 0 Å². The molecule has 1 saturated carbocycles. The average molecular weight is 226 g/mol. The zero-order valence-corrected chi connectivity index (χ0v) is 11.6. The Morgan fingerprint density at radius 1 is 1.31 bits per heavy atom. The molecule has 0 bridgehead atoms. The molecule has 0 saturated heterocycles. The third-order valence-corrected chi connectivity index (χ3v) is 4.18. The minimum absolute atomic E-state index is 0.439. The van der Waals surface area contributed by atoms with Crippen LogP contribution in [0.4, 0.5) is 0 Å². The van der Waals surface area contributed by atoms with Crippen LogP contribution in [0.15, 0.2) is 0 Å². The lowest BCUT2D eigenvalue weighted by atomic mass is 9.74. The largest absolute Gasteiger partial charge is 0.327 e. The molecule has 2 nitrogen and oxygen atoms in total. The van der Waals surface area contributed by atoms with Gasteiger partial charge in [-0.1, -0.05) is 20.8 Å². The van der Waals surface area contributed by atoms with E-state index >= 15 is 0 Å². The molecule has 96 valence electrons. The zero-order valence-electron chi connectivity index (χ0n) is 11.6. The summed E-state index contributed by atoms with van der Waals surface area (Å²) in [5, 5.41) is 0. The predicted octanol–water partition coefficient (Wildman–Crippen LogP) is 2.73. The van der Waals surface area contributed by atoms with Crippen molar-refractivity contribution in [2.24, 2.45) is 23.5 Å². The molecule has 3 unspecified atom stereocenters. The van der Waals surface area contributed by atoms with Crippen molar-refractivity contribution in [1.82, 2.24) is 4.90 Å². The van der Waals surface area contributed by atoms with Gasteiger partial charge in [-0.3, -0.25) is 0 Å². The lowest BCUT2D eigenvalue weighted by Crippen LogP contribution is -2.43. The Kier molecular flexibility index (Phi) is 5.77. The van der Waals surface area contributed by atoms with Gasteiger partial charge in [0.2, 0.25) is 0 Å². The van der Waals surface area contributed by atoms with E-state index in [2.05, 4.69) is 32.7 Å². The molecule has 1 aliphatic carbocycles. The van der Waals surface area contributed by atoms with E-state index in [1.807, 2.05) is 0 Å². The third-order valence-electron chi connectivity index (χ3n) is 4.18. The van der Waals surface area contributed by atoms with Crippen molar-refractivity contribution in [2.75, 3.05) is 20.1 Å². The summed E-state index contributed by atoms with van der Waals surface area (Å²) >= 11 is 0. The highest BCUT2D eigenvalue weighted by molar-refractivity contribution is 4.85. The van der Waals surface area contributed by atoms with Crippen LogP contribution < -0.4 is 5.73 Å². The van der Waals surface area contributed by atoms with Gasteiger partial charge in [-0.05, 0) is 57.0 Å². The van der Waals surface area contributed by atoms with E-state index in [1.165, 1.54) is 38.8 Å².